The number of amides is 1. The van der Waals surface area contributed by atoms with E-state index in [4.69, 9.17) is 4.74 Å². The van der Waals surface area contributed by atoms with Crippen LogP contribution in [0.1, 0.15) is 18.1 Å². The summed E-state index contributed by atoms with van der Waals surface area (Å²) in [6, 6.07) is 19.8. The van der Waals surface area contributed by atoms with Crippen LogP contribution < -0.4 is 10.1 Å². The van der Waals surface area contributed by atoms with E-state index >= 15 is 0 Å². The van der Waals surface area contributed by atoms with Crippen molar-refractivity contribution in [3.63, 3.8) is 0 Å². The fourth-order valence-corrected chi connectivity index (χ4v) is 2.78. The molecule has 3 nitrogen and oxygen atoms in total. The van der Waals surface area contributed by atoms with Crippen LogP contribution in [0, 0.1) is 13.8 Å². The van der Waals surface area contributed by atoms with Gasteiger partial charge in [0.2, 0.25) is 0 Å². The molecule has 1 amide bonds. The Morgan fingerprint density at radius 3 is 2.29 bits per heavy atom. The summed E-state index contributed by atoms with van der Waals surface area (Å²) in [4.78, 5) is 12.5. The van der Waals surface area contributed by atoms with Gasteiger partial charge in [-0.15, -0.1) is 0 Å². The van der Waals surface area contributed by atoms with Crippen LogP contribution in [0.2, 0.25) is 0 Å². The maximum atomic E-state index is 12.5. The number of ether oxygens (including phenoxy) is 1. The van der Waals surface area contributed by atoms with Gasteiger partial charge in [-0.2, -0.15) is 0 Å². The van der Waals surface area contributed by atoms with Crippen LogP contribution in [0.3, 0.4) is 0 Å². The average Bonchev–Trinajstić information content (AvgIpc) is 2.58. The minimum atomic E-state index is -0.580. The molecule has 1 atom stereocenters. The molecule has 0 aliphatic carbocycles. The highest BCUT2D eigenvalue weighted by Gasteiger charge is 2.17. The zero-order valence-corrected chi connectivity index (χ0v) is 14.2. The molecule has 0 bridgehead atoms. The van der Waals surface area contributed by atoms with Gasteiger partial charge in [0.15, 0.2) is 6.10 Å². The van der Waals surface area contributed by atoms with E-state index in [1.807, 2.05) is 74.5 Å². The van der Waals surface area contributed by atoms with Crippen LogP contribution >= 0.6 is 0 Å². The lowest BCUT2D eigenvalue weighted by molar-refractivity contribution is -0.122. The van der Waals surface area contributed by atoms with Crippen molar-refractivity contribution in [1.29, 1.82) is 0 Å². The molecule has 0 spiro atoms. The van der Waals surface area contributed by atoms with E-state index in [-0.39, 0.29) is 5.91 Å². The molecule has 0 fully saturated rings. The van der Waals surface area contributed by atoms with Crippen molar-refractivity contribution < 1.29 is 9.53 Å². The smallest absolute Gasteiger partial charge is 0.265 e. The molecule has 3 aromatic carbocycles. The summed E-state index contributed by atoms with van der Waals surface area (Å²) in [5.41, 5.74) is 2.86. The van der Waals surface area contributed by atoms with E-state index in [2.05, 4.69) is 5.32 Å². The van der Waals surface area contributed by atoms with E-state index in [9.17, 15) is 4.79 Å². The molecule has 1 N–H and O–H groups in total. The normalized spacial score (nSPS) is 12.0. The second-order valence-electron chi connectivity index (χ2n) is 6.00. The van der Waals surface area contributed by atoms with Crippen molar-refractivity contribution >= 4 is 22.4 Å². The van der Waals surface area contributed by atoms with Crippen molar-refractivity contribution in [3.8, 4) is 5.75 Å². The molecule has 0 saturated carbocycles. The fourth-order valence-electron chi connectivity index (χ4n) is 2.78. The van der Waals surface area contributed by atoms with Gasteiger partial charge in [0.25, 0.3) is 5.91 Å². The average molecular weight is 319 g/mol. The number of rotatable bonds is 4. The number of para-hydroxylation sites is 1. The number of benzene rings is 3. The van der Waals surface area contributed by atoms with Crippen molar-refractivity contribution in [2.24, 2.45) is 0 Å². The van der Waals surface area contributed by atoms with Gasteiger partial charge in [-0.1, -0.05) is 54.6 Å². The Labute approximate surface area is 142 Å². The van der Waals surface area contributed by atoms with Gasteiger partial charge in [0, 0.05) is 11.1 Å². The van der Waals surface area contributed by atoms with Gasteiger partial charge in [-0.25, -0.2) is 0 Å². The van der Waals surface area contributed by atoms with Crippen LogP contribution in [0.15, 0.2) is 60.7 Å². The molecular formula is C21H21NO2. The maximum Gasteiger partial charge on any atom is 0.265 e. The minimum Gasteiger partial charge on any atom is -0.480 e. The first kappa shape index (κ1) is 16.1. The third kappa shape index (κ3) is 3.25. The SMILES string of the molecule is Cc1cccc(C)c1O[C@@H](C)C(=O)Nc1cccc2ccccc12. The Morgan fingerprint density at radius 1 is 0.917 bits per heavy atom. The summed E-state index contributed by atoms with van der Waals surface area (Å²) in [5, 5.41) is 5.10. The lowest BCUT2D eigenvalue weighted by Gasteiger charge is -2.18. The number of carbonyl (C=O) groups excluding carboxylic acids is 1. The van der Waals surface area contributed by atoms with Gasteiger partial charge in [0.05, 0.1) is 0 Å². The Balaban J connectivity index is 1.79. The summed E-state index contributed by atoms with van der Waals surface area (Å²) < 4.78 is 5.91. The molecule has 3 aromatic rings. The van der Waals surface area contributed by atoms with Gasteiger partial charge in [-0.3, -0.25) is 4.79 Å². The number of hydrogen-bond donors (Lipinski definition) is 1. The van der Waals surface area contributed by atoms with E-state index in [0.29, 0.717) is 0 Å². The Morgan fingerprint density at radius 2 is 1.54 bits per heavy atom. The number of aryl methyl sites for hydroxylation is 2. The first-order valence-corrected chi connectivity index (χ1v) is 8.08. The topological polar surface area (TPSA) is 38.3 Å². The van der Waals surface area contributed by atoms with Crippen LogP contribution in [0.4, 0.5) is 5.69 Å². The van der Waals surface area contributed by atoms with Gasteiger partial charge >= 0.3 is 0 Å². The highest BCUT2D eigenvalue weighted by molar-refractivity contribution is 6.03. The van der Waals surface area contributed by atoms with Crippen molar-refractivity contribution in [2.75, 3.05) is 5.32 Å². The van der Waals surface area contributed by atoms with Crippen molar-refractivity contribution in [1.82, 2.24) is 0 Å². The molecule has 24 heavy (non-hydrogen) atoms. The second kappa shape index (κ2) is 6.75. The molecule has 122 valence electrons. The predicted molar refractivity (Wildman–Crippen MR) is 98.6 cm³/mol. The minimum absolute atomic E-state index is 0.158. The Hall–Kier alpha value is -2.81. The highest BCUT2D eigenvalue weighted by Crippen LogP contribution is 2.25. The second-order valence-corrected chi connectivity index (χ2v) is 6.00. The molecule has 3 rings (SSSR count). The van der Waals surface area contributed by atoms with Gasteiger partial charge in [-0.05, 0) is 43.4 Å². The fraction of sp³-hybridized carbons (Fsp3) is 0.190. The van der Waals surface area contributed by atoms with Crippen LogP contribution in [-0.4, -0.2) is 12.0 Å². The predicted octanol–water partition coefficient (Wildman–Crippen LogP) is 4.86. The number of nitrogens with one attached hydrogen (secondary N) is 1. The molecule has 0 saturated heterocycles. The molecule has 0 aliphatic heterocycles. The van der Waals surface area contributed by atoms with E-state index in [1.54, 1.807) is 6.92 Å². The van der Waals surface area contributed by atoms with Crippen molar-refractivity contribution in [2.45, 2.75) is 26.9 Å². The molecule has 0 radical (unpaired) electrons. The summed E-state index contributed by atoms with van der Waals surface area (Å²) >= 11 is 0. The molecule has 0 unspecified atom stereocenters. The standard InChI is InChI=1S/C21H21NO2/c1-14-8-6-9-15(2)20(14)24-16(3)21(23)22-19-13-7-11-17-10-4-5-12-18(17)19/h4-13,16H,1-3H3,(H,22,23)/t16-/m0/s1. The zero-order chi connectivity index (χ0) is 17.1. The Kier molecular flexibility index (Phi) is 4.52. The summed E-state index contributed by atoms with van der Waals surface area (Å²) in [6.07, 6.45) is -0.580. The lowest BCUT2D eigenvalue weighted by Crippen LogP contribution is -2.30. The van der Waals surface area contributed by atoms with Crippen LogP contribution in [-0.2, 0) is 4.79 Å². The van der Waals surface area contributed by atoms with Crippen LogP contribution in [0.5, 0.6) is 5.75 Å². The number of anilines is 1. The molecule has 0 heterocycles. The number of carbonyl (C=O) groups is 1. The van der Waals surface area contributed by atoms with Gasteiger partial charge < -0.3 is 10.1 Å². The highest BCUT2D eigenvalue weighted by atomic mass is 16.5. The largest absolute Gasteiger partial charge is 0.480 e. The Bertz CT molecular complexity index is 860. The van der Waals surface area contributed by atoms with Crippen molar-refractivity contribution in [3.05, 3.63) is 71.8 Å². The molecule has 3 heteroatoms. The first-order chi connectivity index (χ1) is 11.6. The summed E-state index contributed by atoms with van der Waals surface area (Å²) in [5.74, 6) is 0.618. The first-order valence-electron chi connectivity index (χ1n) is 8.08. The summed E-state index contributed by atoms with van der Waals surface area (Å²) in [6.45, 7) is 5.74. The van der Waals surface area contributed by atoms with Gasteiger partial charge in [0.1, 0.15) is 5.75 Å². The van der Waals surface area contributed by atoms with E-state index < -0.39 is 6.10 Å². The molecule has 0 aliphatic rings. The summed E-state index contributed by atoms with van der Waals surface area (Å²) in [7, 11) is 0. The monoisotopic (exact) mass is 319 g/mol. The quantitative estimate of drug-likeness (QED) is 0.745. The number of hydrogen-bond acceptors (Lipinski definition) is 2. The number of fused-ring (bicyclic) bond motifs is 1. The molecule has 0 aromatic heterocycles. The third-order valence-electron chi connectivity index (χ3n) is 4.12. The van der Waals surface area contributed by atoms with E-state index in [0.717, 1.165) is 33.3 Å². The zero-order valence-electron chi connectivity index (χ0n) is 14.2. The lowest BCUT2D eigenvalue weighted by atomic mass is 10.1. The maximum absolute atomic E-state index is 12.5. The van der Waals surface area contributed by atoms with E-state index in [1.165, 1.54) is 0 Å². The molecular weight excluding hydrogens is 298 g/mol. The van der Waals surface area contributed by atoms with Crippen LogP contribution in [0.25, 0.3) is 10.8 Å². The third-order valence-corrected chi connectivity index (χ3v) is 4.12.